The molecule has 1 aliphatic rings. The van der Waals surface area contributed by atoms with E-state index in [9.17, 15) is 15.1 Å². The molecule has 0 unspecified atom stereocenters. The average molecular weight is 452 g/mol. The number of hydrogen-bond acceptors (Lipinski definition) is 6. The van der Waals surface area contributed by atoms with Crippen LogP contribution in [-0.4, -0.2) is 58.0 Å². The largest absolute Gasteiger partial charge is 0.496 e. The summed E-state index contributed by atoms with van der Waals surface area (Å²) < 4.78 is 11.9. The van der Waals surface area contributed by atoms with Crippen LogP contribution in [0.15, 0.2) is 52.9 Å². The van der Waals surface area contributed by atoms with Crippen molar-refractivity contribution in [1.82, 2.24) is 14.9 Å². The molecule has 2 aromatic carbocycles. The molecule has 0 saturated carbocycles. The maximum Gasteiger partial charge on any atom is 0.343 e. The third-order valence-corrected chi connectivity index (χ3v) is 6.04. The number of ether oxygens (including phenoxy) is 1. The number of aliphatic hydroxyl groups excluding tert-OH is 1. The van der Waals surface area contributed by atoms with Gasteiger partial charge in [-0.3, -0.25) is 5.21 Å². The zero-order chi connectivity index (χ0) is 23.4. The van der Waals surface area contributed by atoms with Gasteiger partial charge < -0.3 is 19.2 Å². The fraction of sp³-hybridized carbons (Fsp3) is 0.360. The number of rotatable bonds is 6. The summed E-state index contributed by atoms with van der Waals surface area (Å²) in [4.78, 5) is 18.8. The van der Waals surface area contributed by atoms with Gasteiger partial charge in [0.2, 0.25) is 0 Å². The average Bonchev–Trinajstić information content (AvgIpc) is 3.33. The van der Waals surface area contributed by atoms with Gasteiger partial charge in [0.1, 0.15) is 11.4 Å². The molecule has 2 amide bonds. The Bertz CT molecular complexity index is 1090. The molecule has 8 heteroatoms. The number of benzene rings is 2. The molecule has 0 atom stereocenters. The minimum atomic E-state index is -0.372. The van der Waals surface area contributed by atoms with E-state index in [0.29, 0.717) is 49.0 Å². The van der Waals surface area contributed by atoms with Gasteiger partial charge in [0.15, 0.2) is 11.7 Å². The van der Waals surface area contributed by atoms with Gasteiger partial charge in [-0.1, -0.05) is 36.4 Å². The lowest BCUT2D eigenvalue weighted by molar-refractivity contribution is -0.0543. The highest BCUT2D eigenvalue weighted by Gasteiger charge is 2.30. The summed E-state index contributed by atoms with van der Waals surface area (Å²) in [6.07, 6.45) is 1.39. The molecule has 33 heavy (non-hydrogen) atoms. The number of methoxy groups -OCH3 is 1. The van der Waals surface area contributed by atoms with Gasteiger partial charge in [0.05, 0.1) is 13.7 Å². The van der Waals surface area contributed by atoms with Crippen molar-refractivity contribution in [3.05, 3.63) is 60.0 Å². The van der Waals surface area contributed by atoms with Crippen molar-refractivity contribution in [1.29, 1.82) is 0 Å². The van der Waals surface area contributed by atoms with Crippen LogP contribution in [0.5, 0.6) is 5.75 Å². The molecule has 1 aromatic heterocycles. The first-order chi connectivity index (χ1) is 16.0. The second-order valence-corrected chi connectivity index (χ2v) is 8.04. The van der Waals surface area contributed by atoms with Crippen LogP contribution in [0, 0.1) is 0 Å². The van der Waals surface area contributed by atoms with Crippen molar-refractivity contribution in [2.45, 2.75) is 32.3 Å². The number of nitrogens with zero attached hydrogens (tertiary/aromatic N) is 3. The van der Waals surface area contributed by atoms with Gasteiger partial charge in [0.25, 0.3) is 0 Å². The van der Waals surface area contributed by atoms with Crippen molar-refractivity contribution in [3.63, 3.8) is 0 Å². The summed E-state index contributed by atoms with van der Waals surface area (Å²) in [5.74, 6) is 2.03. The summed E-state index contributed by atoms with van der Waals surface area (Å²) in [7, 11) is 1.63. The number of carbonyl (C=O) groups is 1. The Morgan fingerprint density at radius 1 is 1.18 bits per heavy atom. The fourth-order valence-electron chi connectivity index (χ4n) is 4.11. The smallest absolute Gasteiger partial charge is 0.343 e. The van der Waals surface area contributed by atoms with Gasteiger partial charge in [0, 0.05) is 36.7 Å². The molecule has 1 aliphatic heterocycles. The van der Waals surface area contributed by atoms with Crippen LogP contribution in [0.4, 0.5) is 4.79 Å². The molecule has 2 N–H and O–H groups in total. The van der Waals surface area contributed by atoms with Crippen molar-refractivity contribution in [3.8, 4) is 28.3 Å². The number of para-hydroxylation sites is 1. The number of amides is 2. The lowest BCUT2D eigenvalue weighted by atomic mass is 9.97. The Morgan fingerprint density at radius 3 is 2.52 bits per heavy atom. The molecule has 0 radical (unpaired) electrons. The fourth-order valence-corrected chi connectivity index (χ4v) is 4.11. The Kier molecular flexibility index (Phi) is 6.96. The summed E-state index contributed by atoms with van der Waals surface area (Å²) in [6, 6.07) is 14.9. The number of carbonyl (C=O) groups excluding carboxylic acids is 1. The molecule has 0 aliphatic carbocycles. The molecule has 8 nitrogen and oxygen atoms in total. The maximum absolute atomic E-state index is 12.3. The van der Waals surface area contributed by atoms with Crippen LogP contribution < -0.4 is 4.74 Å². The van der Waals surface area contributed by atoms with E-state index in [1.807, 2.05) is 48.5 Å². The molecule has 1 fully saturated rings. The summed E-state index contributed by atoms with van der Waals surface area (Å²) in [5, 5.41) is 19.8. The lowest BCUT2D eigenvalue weighted by Gasteiger charge is -2.32. The molecular formula is C25H29N3O5. The topological polar surface area (TPSA) is 99.3 Å². The SMILES string of the molecule is CCN(O)C(=O)N1CCC(c2nc(-c3ccccc3OC)c(-c3ccc(CO)cc3)o2)CC1. The minimum Gasteiger partial charge on any atom is -0.496 e. The van der Waals surface area contributed by atoms with Gasteiger partial charge in [-0.05, 0) is 37.5 Å². The third kappa shape index (κ3) is 4.72. The second kappa shape index (κ2) is 10.1. The predicted octanol–water partition coefficient (Wildman–Crippen LogP) is 4.52. The molecule has 0 bridgehead atoms. The van der Waals surface area contributed by atoms with Crippen LogP contribution in [0.25, 0.3) is 22.6 Å². The monoisotopic (exact) mass is 451 g/mol. The van der Waals surface area contributed by atoms with Gasteiger partial charge in [-0.25, -0.2) is 14.8 Å². The molecule has 0 spiro atoms. The number of piperidine rings is 1. The first kappa shape index (κ1) is 22.8. The van der Waals surface area contributed by atoms with E-state index in [-0.39, 0.29) is 25.1 Å². The van der Waals surface area contributed by atoms with Crippen LogP contribution in [-0.2, 0) is 6.61 Å². The van der Waals surface area contributed by atoms with E-state index < -0.39 is 0 Å². The van der Waals surface area contributed by atoms with E-state index >= 15 is 0 Å². The molecule has 174 valence electrons. The summed E-state index contributed by atoms with van der Waals surface area (Å²) in [5.41, 5.74) is 3.21. The number of aliphatic hydroxyl groups is 1. The van der Waals surface area contributed by atoms with Crippen LogP contribution in [0.3, 0.4) is 0 Å². The normalized spacial score (nSPS) is 14.4. The van der Waals surface area contributed by atoms with E-state index in [0.717, 1.165) is 21.8 Å². The Morgan fingerprint density at radius 2 is 1.88 bits per heavy atom. The number of aromatic nitrogens is 1. The van der Waals surface area contributed by atoms with E-state index in [4.69, 9.17) is 14.1 Å². The number of urea groups is 1. The zero-order valence-corrected chi connectivity index (χ0v) is 18.9. The lowest BCUT2D eigenvalue weighted by Crippen LogP contribution is -2.45. The first-order valence-corrected chi connectivity index (χ1v) is 11.1. The highest BCUT2D eigenvalue weighted by molar-refractivity contribution is 5.80. The van der Waals surface area contributed by atoms with Crippen molar-refractivity contribution < 1.29 is 24.3 Å². The standard InChI is InChI=1S/C25H29N3O5/c1-3-28(31)25(30)27-14-12-19(13-15-27)24-26-22(20-6-4-5-7-21(20)32-2)23(33-24)18-10-8-17(16-29)9-11-18/h4-11,19,29,31H,3,12-16H2,1-2H3. The molecule has 3 aromatic rings. The highest BCUT2D eigenvalue weighted by Crippen LogP contribution is 2.40. The van der Waals surface area contributed by atoms with E-state index in [1.54, 1.807) is 18.9 Å². The number of hydrogen-bond donors (Lipinski definition) is 2. The molecule has 4 rings (SSSR count). The summed E-state index contributed by atoms with van der Waals surface area (Å²) >= 11 is 0. The van der Waals surface area contributed by atoms with Crippen molar-refractivity contribution >= 4 is 6.03 Å². The van der Waals surface area contributed by atoms with E-state index in [1.165, 1.54) is 0 Å². The Hall–Kier alpha value is -3.36. The number of oxazole rings is 1. The van der Waals surface area contributed by atoms with Crippen LogP contribution >= 0.6 is 0 Å². The highest BCUT2D eigenvalue weighted by atomic mass is 16.5. The Labute approximate surface area is 193 Å². The molecule has 2 heterocycles. The van der Waals surface area contributed by atoms with Crippen molar-refractivity contribution in [2.24, 2.45) is 0 Å². The molecular weight excluding hydrogens is 422 g/mol. The second-order valence-electron chi connectivity index (χ2n) is 8.04. The number of hydroxylamine groups is 2. The third-order valence-electron chi connectivity index (χ3n) is 6.04. The number of likely N-dealkylation sites (tertiary alicyclic amines) is 1. The van der Waals surface area contributed by atoms with E-state index in [2.05, 4.69) is 0 Å². The van der Waals surface area contributed by atoms with Gasteiger partial charge >= 0.3 is 6.03 Å². The van der Waals surface area contributed by atoms with Gasteiger partial charge in [-0.15, -0.1) is 0 Å². The maximum atomic E-state index is 12.3. The van der Waals surface area contributed by atoms with Crippen LogP contribution in [0.1, 0.15) is 37.1 Å². The van der Waals surface area contributed by atoms with Crippen molar-refractivity contribution in [2.75, 3.05) is 26.7 Å². The summed E-state index contributed by atoms with van der Waals surface area (Å²) in [6.45, 7) is 2.99. The van der Waals surface area contributed by atoms with Gasteiger partial charge in [-0.2, -0.15) is 0 Å². The first-order valence-electron chi connectivity index (χ1n) is 11.1. The molecule has 1 saturated heterocycles. The predicted molar refractivity (Wildman–Crippen MR) is 123 cm³/mol. The Balaban J connectivity index is 1.66. The minimum absolute atomic E-state index is 0.0259. The quantitative estimate of drug-likeness (QED) is 0.422. The zero-order valence-electron chi connectivity index (χ0n) is 18.9. The van der Waals surface area contributed by atoms with Crippen LogP contribution in [0.2, 0.25) is 0 Å².